The van der Waals surface area contributed by atoms with Gasteiger partial charge in [-0.15, -0.1) is 0 Å². The topological polar surface area (TPSA) is 68.2 Å². The third kappa shape index (κ3) is 3.20. The van der Waals surface area contributed by atoms with Crippen LogP contribution >= 0.6 is 0 Å². The van der Waals surface area contributed by atoms with E-state index in [2.05, 4.69) is 35.8 Å². The first-order chi connectivity index (χ1) is 7.74. The first-order valence-corrected chi connectivity index (χ1v) is 6.02. The largest absolute Gasteiger partial charge is 0.339 e. The second kappa shape index (κ2) is 6.48. The minimum atomic E-state index is 0.435. The van der Waals surface area contributed by atoms with Crippen molar-refractivity contribution in [1.29, 1.82) is 0 Å². The van der Waals surface area contributed by atoms with Gasteiger partial charge in [-0.2, -0.15) is 4.98 Å². The second-order valence-corrected chi connectivity index (χ2v) is 3.87. The third-order valence-electron chi connectivity index (χ3n) is 2.88. The molecule has 0 saturated heterocycles. The summed E-state index contributed by atoms with van der Waals surface area (Å²) in [7, 11) is 0. The minimum absolute atomic E-state index is 0.435. The predicted molar refractivity (Wildman–Crippen MR) is 64.4 cm³/mol. The standard InChI is InChI=1S/C11H22N4O/c1-4-9(8-12)7-10-13-11(14-16-10)15(5-2)6-3/h9H,4-8,12H2,1-3H3. The lowest BCUT2D eigenvalue weighted by atomic mass is 10.0. The molecular formula is C11H22N4O. The van der Waals surface area contributed by atoms with Crippen molar-refractivity contribution in [2.45, 2.75) is 33.6 Å². The Labute approximate surface area is 97.0 Å². The first kappa shape index (κ1) is 13.0. The lowest BCUT2D eigenvalue weighted by molar-refractivity contribution is 0.350. The van der Waals surface area contributed by atoms with Crippen molar-refractivity contribution >= 4 is 5.95 Å². The van der Waals surface area contributed by atoms with Crippen molar-refractivity contribution in [2.24, 2.45) is 11.7 Å². The van der Waals surface area contributed by atoms with Gasteiger partial charge in [0.05, 0.1) is 0 Å². The Morgan fingerprint density at radius 3 is 2.50 bits per heavy atom. The van der Waals surface area contributed by atoms with E-state index in [1.165, 1.54) is 0 Å². The number of rotatable bonds is 7. The highest BCUT2D eigenvalue weighted by atomic mass is 16.5. The fraction of sp³-hybridized carbons (Fsp3) is 0.818. The normalized spacial score (nSPS) is 12.8. The summed E-state index contributed by atoms with van der Waals surface area (Å²) in [5.41, 5.74) is 5.65. The summed E-state index contributed by atoms with van der Waals surface area (Å²) >= 11 is 0. The van der Waals surface area contributed by atoms with Crippen molar-refractivity contribution in [3.63, 3.8) is 0 Å². The fourth-order valence-corrected chi connectivity index (χ4v) is 1.60. The van der Waals surface area contributed by atoms with Crippen LogP contribution in [0.25, 0.3) is 0 Å². The van der Waals surface area contributed by atoms with E-state index < -0.39 is 0 Å². The zero-order valence-electron chi connectivity index (χ0n) is 10.4. The summed E-state index contributed by atoms with van der Waals surface area (Å²) in [6, 6.07) is 0. The Morgan fingerprint density at radius 2 is 2.00 bits per heavy atom. The van der Waals surface area contributed by atoms with Crippen molar-refractivity contribution in [3.05, 3.63) is 5.89 Å². The van der Waals surface area contributed by atoms with Gasteiger partial charge in [-0.25, -0.2) is 0 Å². The molecule has 0 amide bonds. The smallest absolute Gasteiger partial charge is 0.266 e. The van der Waals surface area contributed by atoms with Crippen LogP contribution in [0.15, 0.2) is 4.52 Å². The monoisotopic (exact) mass is 226 g/mol. The Morgan fingerprint density at radius 1 is 1.31 bits per heavy atom. The molecule has 92 valence electrons. The zero-order valence-corrected chi connectivity index (χ0v) is 10.4. The molecule has 1 atom stereocenters. The molecule has 1 unspecified atom stereocenters. The van der Waals surface area contributed by atoms with Gasteiger partial charge in [-0.05, 0) is 31.5 Å². The van der Waals surface area contributed by atoms with Crippen LogP contribution in [-0.2, 0) is 6.42 Å². The maximum absolute atomic E-state index is 5.65. The van der Waals surface area contributed by atoms with E-state index in [9.17, 15) is 0 Å². The van der Waals surface area contributed by atoms with Crippen molar-refractivity contribution in [2.75, 3.05) is 24.5 Å². The van der Waals surface area contributed by atoms with Gasteiger partial charge in [-0.1, -0.05) is 13.3 Å². The number of hydrogen-bond acceptors (Lipinski definition) is 5. The van der Waals surface area contributed by atoms with Crippen LogP contribution in [-0.4, -0.2) is 29.8 Å². The van der Waals surface area contributed by atoms with Crippen LogP contribution < -0.4 is 10.6 Å². The van der Waals surface area contributed by atoms with E-state index in [0.717, 1.165) is 25.9 Å². The summed E-state index contributed by atoms with van der Waals surface area (Å²) in [5, 5.41) is 3.98. The number of anilines is 1. The molecule has 0 aliphatic rings. The van der Waals surface area contributed by atoms with Crippen LogP contribution in [0.4, 0.5) is 5.95 Å². The molecule has 1 heterocycles. The molecule has 0 bridgehead atoms. The maximum Gasteiger partial charge on any atom is 0.266 e. The highest BCUT2D eigenvalue weighted by molar-refractivity contribution is 5.26. The van der Waals surface area contributed by atoms with Gasteiger partial charge in [-0.3, -0.25) is 0 Å². The molecule has 1 aromatic heterocycles. The average Bonchev–Trinajstić information content (AvgIpc) is 2.76. The number of nitrogens with two attached hydrogens (primary N) is 1. The lowest BCUT2D eigenvalue weighted by Crippen LogP contribution is -2.23. The molecule has 1 aromatic rings. The Hall–Kier alpha value is -1.10. The van der Waals surface area contributed by atoms with Crippen LogP contribution in [0.1, 0.15) is 33.1 Å². The molecule has 0 fully saturated rings. The molecular weight excluding hydrogens is 204 g/mol. The van der Waals surface area contributed by atoms with Gasteiger partial charge in [0.25, 0.3) is 5.95 Å². The Balaban J connectivity index is 2.63. The van der Waals surface area contributed by atoms with Crippen LogP contribution in [0.3, 0.4) is 0 Å². The first-order valence-electron chi connectivity index (χ1n) is 6.02. The summed E-state index contributed by atoms with van der Waals surface area (Å²) in [6.07, 6.45) is 1.82. The van der Waals surface area contributed by atoms with Gasteiger partial charge in [0.2, 0.25) is 5.89 Å². The summed E-state index contributed by atoms with van der Waals surface area (Å²) in [6.45, 7) is 8.73. The molecule has 0 radical (unpaired) electrons. The molecule has 1 rings (SSSR count). The van der Waals surface area contributed by atoms with Crippen LogP contribution in [0, 0.1) is 5.92 Å². The van der Waals surface area contributed by atoms with Gasteiger partial charge in [0, 0.05) is 19.5 Å². The summed E-state index contributed by atoms with van der Waals surface area (Å²) in [5.74, 6) is 1.82. The van der Waals surface area contributed by atoms with Crippen LogP contribution in [0.5, 0.6) is 0 Å². The quantitative estimate of drug-likeness (QED) is 0.762. The van der Waals surface area contributed by atoms with Gasteiger partial charge >= 0.3 is 0 Å². The van der Waals surface area contributed by atoms with E-state index in [1.807, 2.05) is 0 Å². The van der Waals surface area contributed by atoms with Crippen molar-refractivity contribution < 1.29 is 4.52 Å². The molecule has 0 saturated carbocycles. The maximum atomic E-state index is 5.65. The van der Waals surface area contributed by atoms with Gasteiger partial charge in [0.15, 0.2) is 0 Å². The van der Waals surface area contributed by atoms with E-state index in [1.54, 1.807) is 0 Å². The molecule has 5 heteroatoms. The van der Waals surface area contributed by atoms with Crippen molar-refractivity contribution in [3.8, 4) is 0 Å². The molecule has 0 aliphatic heterocycles. The summed E-state index contributed by atoms with van der Waals surface area (Å²) in [4.78, 5) is 6.45. The zero-order chi connectivity index (χ0) is 12.0. The minimum Gasteiger partial charge on any atom is -0.339 e. The molecule has 0 aromatic carbocycles. The highest BCUT2D eigenvalue weighted by Crippen LogP contribution is 2.13. The molecule has 16 heavy (non-hydrogen) atoms. The molecule has 0 spiro atoms. The fourth-order valence-electron chi connectivity index (χ4n) is 1.60. The van der Waals surface area contributed by atoms with E-state index in [0.29, 0.717) is 24.3 Å². The second-order valence-electron chi connectivity index (χ2n) is 3.87. The third-order valence-corrected chi connectivity index (χ3v) is 2.88. The molecule has 5 nitrogen and oxygen atoms in total. The van der Waals surface area contributed by atoms with Crippen molar-refractivity contribution in [1.82, 2.24) is 10.1 Å². The SMILES string of the molecule is CCC(CN)Cc1nc(N(CC)CC)no1. The van der Waals surface area contributed by atoms with Gasteiger partial charge in [0.1, 0.15) is 0 Å². The number of hydrogen-bond donors (Lipinski definition) is 1. The Kier molecular flexibility index (Phi) is 5.25. The Bertz CT molecular complexity index is 292. The number of nitrogens with zero attached hydrogens (tertiary/aromatic N) is 3. The van der Waals surface area contributed by atoms with Crippen LogP contribution in [0.2, 0.25) is 0 Å². The number of aromatic nitrogens is 2. The van der Waals surface area contributed by atoms with Gasteiger partial charge < -0.3 is 15.2 Å². The van der Waals surface area contributed by atoms with E-state index in [-0.39, 0.29) is 0 Å². The summed E-state index contributed by atoms with van der Waals surface area (Å²) < 4.78 is 5.23. The lowest BCUT2D eigenvalue weighted by Gasteiger charge is -2.14. The highest BCUT2D eigenvalue weighted by Gasteiger charge is 2.14. The van der Waals surface area contributed by atoms with E-state index >= 15 is 0 Å². The predicted octanol–water partition coefficient (Wildman–Crippen LogP) is 1.44. The molecule has 0 aliphatic carbocycles. The van der Waals surface area contributed by atoms with E-state index in [4.69, 9.17) is 10.3 Å². The average molecular weight is 226 g/mol. The molecule has 2 N–H and O–H groups in total.